The molecule has 0 aliphatic carbocycles. The number of phenolic OH excluding ortho intramolecular Hbond substituents is 1. The van der Waals surface area contributed by atoms with Crippen LogP contribution < -0.4 is 9.80 Å². The van der Waals surface area contributed by atoms with Gasteiger partial charge in [-0.25, -0.2) is 4.39 Å². The smallest absolute Gasteiger partial charge is 0.241 e. The molecule has 138 valence electrons. The van der Waals surface area contributed by atoms with E-state index in [1.165, 1.54) is 12.1 Å². The van der Waals surface area contributed by atoms with E-state index >= 15 is 0 Å². The Hall–Kier alpha value is -2.60. The van der Waals surface area contributed by atoms with Crippen LogP contribution in [0.1, 0.15) is 6.92 Å². The highest BCUT2D eigenvalue weighted by Crippen LogP contribution is 2.20. The number of phenols is 1. The molecule has 0 aromatic heterocycles. The first kappa shape index (κ1) is 18.2. The van der Waals surface area contributed by atoms with Gasteiger partial charge in [0.25, 0.3) is 0 Å². The summed E-state index contributed by atoms with van der Waals surface area (Å²) in [6.07, 6.45) is 0. The minimum atomic E-state index is -0.303. The van der Waals surface area contributed by atoms with Gasteiger partial charge in [0, 0.05) is 44.1 Å². The predicted octanol–water partition coefficient (Wildman–Crippen LogP) is 2.71. The lowest BCUT2D eigenvalue weighted by molar-refractivity contribution is -0.119. The molecule has 1 aliphatic heterocycles. The SMILES string of the molecule is CCN(C(=O)CN1CCN(c2ccc(O)cc2)CC1)c1ccc(F)cc1. The predicted molar refractivity (Wildman–Crippen MR) is 101 cm³/mol. The van der Waals surface area contributed by atoms with Gasteiger partial charge in [0.1, 0.15) is 11.6 Å². The summed E-state index contributed by atoms with van der Waals surface area (Å²) < 4.78 is 13.1. The second-order valence-electron chi connectivity index (χ2n) is 6.39. The van der Waals surface area contributed by atoms with Gasteiger partial charge in [0.05, 0.1) is 6.54 Å². The topological polar surface area (TPSA) is 47.0 Å². The molecule has 0 unspecified atom stereocenters. The van der Waals surface area contributed by atoms with Crippen molar-refractivity contribution in [1.29, 1.82) is 0 Å². The van der Waals surface area contributed by atoms with Crippen LogP contribution in [-0.2, 0) is 4.79 Å². The van der Waals surface area contributed by atoms with Crippen LogP contribution >= 0.6 is 0 Å². The highest BCUT2D eigenvalue weighted by atomic mass is 19.1. The Morgan fingerprint density at radius 3 is 2.23 bits per heavy atom. The summed E-state index contributed by atoms with van der Waals surface area (Å²) >= 11 is 0. The average Bonchev–Trinajstić information content (AvgIpc) is 2.65. The summed E-state index contributed by atoms with van der Waals surface area (Å²) in [5.74, 6) is -0.0155. The molecule has 0 atom stereocenters. The van der Waals surface area contributed by atoms with Gasteiger partial charge in [-0.1, -0.05) is 0 Å². The molecule has 2 aromatic carbocycles. The van der Waals surface area contributed by atoms with Crippen LogP contribution in [0.2, 0.25) is 0 Å². The number of anilines is 2. The van der Waals surface area contributed by atoms with Crippen LogP contribution in [0.15, 0.2) is 48.5 Å². The van der Waals surface area contributed by atoms with Crippen molar-refractivity contribution in [3.63, 3.8) is 0 Å². The van der Waals surface area contributed by atoms with Gasteiger partial charge < -0.3 is 14.9 Å². The summed E-state index contributed by atoms with van der Waals surface area (Å²) in [5, 5.41) is 9.39. The monoisotopic (exact) mass is 357 g/mol. The van der Waals surface area contributed by atoms with Crippen molar-refractivity contribution in [3.05, 3.63) is 54.3 Å². The number of hydrogen-bond donors (Lipinski definition) is 1. The maximum Gasteiger partial charge on any atom is 0.241 e. The number of carbonyl (C=O) groups is 1. The molecule has 26 heavy (non-hydrogen) atoms. The number of amides is 1. The Balaban J connectivity index is 1.55. The third kappa shape index (κ3) is 4.32. The molecule has 3 rings (SSSR count). The first-order valence-corrected chi connectivity index (χ1v) is 8.89. The van der Waals surface area contributed by atoms with Crippen LogP contribution in [-0.4, -0.2) is 55.2 Å². The molecule has 1 amide bonds. The minimum Gasteiger partial charge on any atom is -0.508 e. The third-order valence-corrected chi connectivity index (χ3v) is 4.70. The molecule has 5 nitrogen and oxygen atoms in total. The number of rotatable bonds is 5. The zero-order chi connectivity index (χ0) is 18.5. The van der Waals surface area contributed by atoms with Gasteiger partial charge in [0.2, 0.25) is 5.91 Å². The van der Waals surface area contributed by atoms with Crippen molar-refractivity contribution in [2.24, 2.45) is 0 Å². The molecule has 0 radical (unpaired) electrons. The Kier molecular flexibility index (Phi) is 5.73. The highest BCUT2D eigenvalue weighted by molar-refractivity contribution is 5.94. The highest BCUT2D eigenvalue weighted by Gasteiger charge is 2.22. The van der Waals surface area contributed by atoms with E-state index in [1.807, 2.05) is 19.1 Å². The Morgan fingerprint density at radius 1 is 1.04 bits per heavy atom. The lowest BCUT2D eigenvalue weighted by Gasteiger charge is -2.36. The fourth-order valence-electron chi connectivity index (χ4n) is 3.23. The van der Waals surface area contributed by atoms with Crippen LogP contribution in [0.4, 0.5) is 15.8 Å². The molecular formula is C20H24FN3O2. The van der Waals surface area contributed by atoms with Crippen LogP contribution in [0.25, 0.3) is 0 Å². The van der Waals surface area contributed by atoms with Crippen molar-refractivity contribution in [2.75, 3.05) is 49.1 Å². The molecule has 1 N–H and O–H groups in total. The van der Waals surface area contributed by atoms with E-state index in [1.54, 1.807) is 29.2 Å². The van der Waals surface area contributed by atoms with Crippen LogP contribution in [0, 0.1) is 5.82 Å². The van der Waals surface area contributed by atoms with Crippen molar-refractivity contribution >= 4 is 17.3 Å². The molecule has 0 saturated carbocycles. The van der Waals surface area contributed by atoms with Gasteiger partial charge in [-0.15, -0.1) is 0 Å². The standard InChI is InChI=1S/C20H24FN3O2/c1-2-24(18-5-3-16(21)4-6-18)20(26)15-22-11-13-23(14-12-22)17-7-9-19(25)10-8-17/h3-10,25H,2,11-15H2,1H3. The quantitative estimate of drug-likeness (QED) is 0.894. The lowest BCUT2D eigenvalue weighted by atomic mass is 10.2. The summed E-state index contributed by atoms with van der Waals surface area (Å²) in [6, 6.07) is 13.2. The first-order valence-electron chi connectivity index (χ1n) is 8.89. The molecule has 0 bridgehead atoms. The minimum absolute atomic E-state index is 0.0252. The number of benzene rings is 2. The van der Waals surface area contributed by atoms with Gasteiger partial charge in [0.15, 0.2) is 0 Å². The average molecular weight is 357 g/mol. The zero-order valence-electron chi connectivity index (χ0n) is 14.9. The number of hydrogen-bond acceptors (Lipinski definition) is 4. The van der Waals surface area contributed by atoms with E-state index in [-0.39, 0.29) is 17.5 Å². The van der Waals surface area contributed by atoms with E-state index in [4.69, 9.17) is 0 Å². The normalized spacial score (nSPS) is 15.1. The van der Waals surface area contributed by atoms with Crippen molar-refractivity contribution in [1.82, 2.24) is 4.90 Å². The molecule has 1 fully saturated rings. The van der Waals surface area contributed by atoms with E-state index in [0.717, 1.165) is 37.6 Å². The number of halogens is 1. The van der Waals surface area contributed by atoms with Crippen molar-refractivity contribution < 1.29 is 14.3 Å². The summed E-state index contributed by atoms with van der Waals surface area (Å²) in [4.78, 5) is 18.7. The molecular weight excluding hydrogens is 333 g/mol. The molecule has 6 heteroatoms. The third-order valence-electron chi connectivity index (χ3n) is 4.70. The van der Waals surface area contributed by atoms with Gasteiger partial charge >= 0.3 is 0 Å². The number of likely N-dealkylation sites (N-methyl/N-ethyl adjacent to an activating group) is 1. The second-order valence-corrected chi connectivity index (χ2v) is 6.39. The first-order chi connectivity index (χ1) is 12.6. The Bertz CT molecular complexity index is 726. The number of carbonyl (C=O) groups excluding carboxylic acids is 1. The van der Waals surface area contributed by atoms with Gasteiger partial charge in [-0.05, 0) is 55.5 Å². The van der Waals surface area contributed by atoms with Crippen LogP contribution in [0.5, 0.6) is 5.75 Å². The number of nitrogens with zero attached hydrogens (tertiary/aromatic N) is 3. The summed E-state index contributed by atoms with van der Waals surface area (Å²) in [7, 11) is 0. The molecule has 0 spiro atoms. The largest absolute Gasteiger partial charge is 0.508 e. The van der Waals surface area contributed by atoms with Crippen LogP contribution in [0.3, 0.4) is 0 Å². The maximum absolute atomic E-state index is 13.1. The molecule has 2 aromatic rings. The van der Waals surface area contributed by atoms with Crippen molar-refractivity contribution in [2.45, 2.75) is 6.92 Å². The fourth-order valence-corrected chi connectivity index (χ4v) is 3.23. The fraction of sp³-hybridized carbons (Fsp3) is 0.350. The molecule has 1 heterocycles. The second kappa shape index (κ2) is 8.19. The van der Waals surface area contributed by atoms with E-state index in [0.29, 0.717) is 13.1 Å². The van der Waals surface area contributed by atoms with Gasteiger partial charge in [-0.3, -0.25) is 9.69 Å². The summed E-state index contributed by atoms with van der Waals surface area (Å²) in [6.45, 7) is 6.10. The summed E-state index contributed by atoms with van der Waals surface area (Å²) in [5.41, 5.74) is 1.80. The molecule has 1 aliphatic rings. The lowest BCUT2D eigenvalue weighted by Crippen LogP contribution is -2.50. The number of piperazine rings is 1. The van der Waals surface area contributed by atoms with E-state index in [9.17, 15) is 14.3 Å². The molecule has 1 saturated heterocycles. The maximum atomic E-state index is 13.1. The number of aromatic hydroxyl groups is 1. The zero-order valence-corrected chi connectivity index (χ0v) is 14.9. The van der Waals surface area contributed by atoms with E-state index < -0.39 is 0 Å². The Labute approximate surface area is 153 Å². The Morgan fingerprint density at radius 2 is 1.65 bits per heavy atom. The van der Waals surface area contributed by atoms with E-state index in [2.05, 4.69) is 9.80 Å². The van der Waals surface area contributed by atoms with Crippen molar-refractivity contribution in [3.8, 4) is 5.75 Å². The van der Waals surface area contributed by atoms with Gasteiger partial charge in [-0.2, -0.15) is 0 Å².